The number of imidazole rings is 1. The summed E-state index contributed by atoms with van der Waals surface area (Å²) in [4.78, 5) is 37.1. The molecule has 0 radical (unpaired) electrons. The van der Waals surface area contributed by atoms with Crippen molar-refractivity contribution >= 4 is 24.4 Å². The number of ether oxygens (including phenoxy) is 3. The monoisotopic (exact) mass is 466 g/mol. The summed E-state index contributed by atoms with van der Waals surface area (Å²) in [5.41, 5.74) is 7.58. The van der Waals surface area contributed by atoms with Gasteiger partial charge in [-0.25, -0.2) is 4.79 Å². The highest BCUT2D eigenvalue weighted by Crippen LogP contribution is 2.35. The van der Waals surface area contributed by atoms with Gasteiger partial charge in [-0.05, 0) is 30.5 Å². The van der Waals surface area contributed by atoms with Crippen LogP contribution < -0.4 is 20.9 Å². The third-order valence-corrected chi connectivity index (χ3v) is 5.58. The Morgan fingerprint density at radius 3 is 2.56 bits per heavy atom. The molecule has 0 amide bonds. The van der Waals surface area contributed by atoms with Gasteiger partial charge in [0.2, 0.25) is 5.88 Å². The van der Waals surface area contributed by atoms with Crippen LogP contribution in [0.3, 0.4) is 0 Å². The van der Waals surface area contributed by atoms with Gasteiger partial charge in [0.1, 0.15) is 17.9 Å². The molecule has 3 rings (SSSR count). The van der Waals surface area contributed by atoms with E-state index in [0.717, 1.165) is 5.56 Å². The quantitative estimate of drug-likeness (QED) is 0.230. The van der Waals surface area contributed by atoms with Gasteiger partial charge in [-0.1, -0.05) is 12.1 Å². The standard InChI is InChI=1S/C20H27N4O7P/c1-29-9-10-31-17-12-16-18(19(21)22-17)23-20(25)24(16)13-14-4-6-15(7-5-14)30-8-2-3-11-32(26,27)28/h4-7,12H,2-3,8-11,13H2,1H3,(H2,21,22)(H,23,25)(H2,26,27,28). The van der Waals surface area contributed by atoms with E-state index in [0.29, 0.717) is 61.9 Å². The van der Waals surface area contributed by atoms with Crippen LogP contribution in [-0.2, 0) is 15.8 Å². The number of anilines is 1. The van der Waals surface area contributed by atoms with Crippen LogP contribution in [0.15, 0.2) is 35.1 Å². The summed E-state index contributed by atoms with van der Waals surface area (Å²) in [6.45, 7) is 1.38. The van der Waals surface area contributed by atoms with Crippen molar-refractivity contribution in [2.24, 2.45) is 0 Å². The fraction of sp³-hybridized carbons (Fsp3) is 0.400. The number of benzene rings is 1. The smallest absolute Gasteiger partial charge is 0.326 e. The number of methoxy groups -OCH3 is 1. The molecule has 11 nitrogen and oxygen atoms in total. The van der Waals surface area contributed by atoms with Gasteiger partial charge >= 0.3 is 13.3 Å². The predicted molar refractivity (Wildman–Crippen MR) is 119 cm³/mol. The number of rotatable bonds is 12. The fourth-order valence-electron chi connectivity index (χ4n) is 3.10. The van der Waals surface area contributed by atoms with Gasteiger partial charge in [0.25, 0.3) is 0 Å². The van der Waals surface area contributed by atoms with Crippen LogP contribution in [0.25, 0.3) is 11.0 Å². The summed E-state index contributed by atoms with van der Waals surface area (Å²) in [6.07, 6.45) is 0.788. The van der Waals surface area contributed by atoms with Crippen LogP contribution in [0, 0.1) is 0 Å². The lowest BCUT2D eigenvalue weighted by molar-refractivity contribution is 0.144. The normalized spacial score (nSPS) is 11.7. The average Bonchev–Trinajstić information content (AvgIpc) is 3.04. The van der Waals surface area contributed by atoms with Gasteiger partial charge in [0.15, 0.2) is 5.82 Å². The van der Waals surface area contributed by atoms with Crippen molar-refractivity contribution in [1.82, 2.24) is 14.5 Å². The second kappa shape index (κ2) is 10.6. The van der Waals surface area contributed by atoms with E-state index in [-0.39, 0.29) is 17.7 Å². The van der Waals surface area contributed by atoms with Crippen LogP contribution in [0.5, 0.6) is 11.6 Å². The predicted octanol–water partition coefficient (Wildman–Crippen LogP) is 1.72. The Morgan fingerprint density at radius 1 is 1.12 bits per heavy atom. The summed E-state index contributed by atoms with van der Waals surface area (Å²) >= 11 is 0. The summed E-state index contributed by atoms with van der Waals surface area (Å²) in [7, 11) is -2.39. The number of H-pyrrole nitrogens is 1. The molecule has 32 heavy (non-hydrogen) atoms. The van der Waals surface area contributed by atoms with Crippen molar-refractivity contribution in [2.45, 2.75) is 19.4 Å². The van der Waals surface area contributed by atoms with E-state index in [4.69, 9.17) is 29.7 Å². The van der Waals surface area contributed by atoms with Crippen molar-refractivity contribution in [1.29, 1.82) is 0 Å². The molecule has 1 aromatic carbocycles. The van der Waals surface area contributed by atoms with Gasteiger partial charge in [0.05, 0.1) is 25.3 Å². The van der Waals surface area contributed by atoms with Gasteiger partial charge in [-0.15, -0.1) is 0 Å². The first-order valence-electron chi connectivity index (χ1n) is 10.0. The fourth-order valence-corrected chi connectivity index (χ4v) is 3.73. The molecular formula is C20H27N4O7P. The number of unbranched alkanes of at least 4 members (excludes halogenated alkanes) is 1. The molecule has 0 fully saturated rings. The lowest BCUT2D eigenvalue weighted by Gasteiger charge is -2.09. The molecule has 0 aliphatic heterocycles. The molecular weight excluding hydrogens is 439 g/mol. The van der Waals surface area contributed by atoms with E-state index in [1.54, 1.807) is 29.9 Å². The number of nitrogen functional groups attached to an aromatic ring is 1. The summed E-state index contributed by atoms with van der Waals surface area (Å²) < 4.78 is 28.5. The zero-order chi connectivity index (χ0) is 23.1. The van der Waals surface area contributed by atoms with Gasteiger partial charge in [-0.3, -0.25) is 9.13 Å². The number of fused-ring (bicyclic) bond motifs is 1. The molecule has 12 heteroatoms. The maximum absolute atomic E-state index is 12.5. The summed E-state index contributed by atoms with van der Waals surface area (Å²) in [5.74, 6) is 1.12. The Morgan fingerprint density at radius 2 is 1.88 bits per heavy atom. The minimum absolute atomic E-state index is 0.145. The largest absolute Gasteiger partial charge is 0.494 e. The van der Waals surface area contributed by atoms with Crippen molar-refractivity contribution in [3.05, 3.63) is 46.4 Å². The third-order valence-electron chi connectivity index (χ3n) is 4.68. The molecule has 0 saturated carbocycles. The molecule has 3 aromatic rings. The molecule has 0 bridgehead atoms. The Hall–Kier alpha value is -2.85. The highest BCUT2D eigenvalue weighted by atomic mass is 31.2. The van der Waals surface area contributed by atoms with Crippen LogP contribution >= 0.6 is 7.60 Å². The van der Waals surface area contributed by atoms with E-state index >= 15 is 0 Å². The average molecular weight is 466 g/mol. The second-order valence-corrected chi connectivity index (χ2v) is 8.96. The summed E-state index contributed by atoms with van der Waals surface area (Å²) in [5, 5.41) is 0. The lowest BCUT2D eigenvalue weighted by Crippen LogP contribution is -2.17. The molecule has 0 saturated heterocycles. The maximum atomic E-state index is 12.5. The van der Waals surface area contributed by atoms with Gasteiger partial charge in [-0.2, -0.15) is 4.98 Å². The van der Waals surface area contributed by atoms with Crippen molar-refractivity contribution in [3.63, 3.8) is 0 Å². The van der Waals surface area contributed by atoms with E-state index in [9.17, 15) is 9.36 Å². The number of hydrogen-bond donors (Lipinski definition) is 4. The van der Waals surface area contributed by atoms with E-state index in [1.807, 2.05) is 12.1 Å². The van der Waals surface area contributed by atoms with Crippen molar-refractivity contribution in [3.8, 4) is 11.6 Å². The van der Waals surface area contributed by atoms with E-state index in [1.165, 1.54) is 0 Å². The molecule has 0 aliphatic rings. The Balaban J connectivity index is 1.66. The Bertz CT molecular complexity index is 1140. The third kappa shape index (κ3) is 6.57. The number of nitrogens with two attached hydrogens (primary N) is 1. The molecule has 0 atom stereocenters. The minimum atomic E-state index is -3.96. The molecule has 0 aliphatic carbocycles. The van der Waals surface area contributed by atoms with Crippen molar-refractivity contribution < 1.29 is 28.6 Å². The van der Waals surface area contributed by atoms with Crippen LogP contribution in [0.1, 0.15) is 18.4 Å². The molecule has 5 N–H and O–H groups in total. The zero-order valence-corrected chi connectivity index (χ0v) is 18.6. The van der Waals surface area contributed by atoms with Crippen LogP contribution in [0.2, 0.25) is 0 Å². The molecule has 0 unspecified atom stereocenters. The molecule has 2 aromatic heterocycles. The number of nitrogens with one attached hydrogen (secondary N) is 1. The Labute approximate surface area is 184 Å². The van der Waals surface area contributed by atoms with Gasteiger partial charge < -0.3 is 34.7 Å². The molecule has 174 valence electrons. The first kappa shape index (κ1) is 23.8. The van der Waals surface area contributed by atoms with E-state index < -0.39 is 7.60 Å². The SMILES string of the molecule is COCCOc1cc2c([nH]c(=O)n2Cc2ccc(OCCCCP(=O)(O)O)cc2)c(N)n1. The van der Waals surface area contributed by atoms with Crippen LogP contribution in [-0.4, -0.2) is 57.4 Å². The maximum Gasteiger partial charge on any atom is 0.326 e. The molecule has 2 heterocycles. The van der Waals surface area contributed by atoms with E-state index in [2.05, 4.69) is 9.97 Å². The van der Waals surface area contributed by atoms with Crippen molar-refractivity contribution in [2.75, 3.05) is 38.8 Å². The first-order valence-corrected chi connectivity index (χ1v) is 11.8. The first-order chi connectivity index (χ1) is 15.3. The zero-order valence-electron chi connectivity index (χ0n) is 17.7. The minimum Gasteiger partial charge on any atom is -0.494 e. The number of aromatic nitrogens is 3. The second-order valence-electron chi connectivity index (χ2n) is 7.19. The number of aromatic amines is 1. The molecule has 0 spiro atoms. The Kier molecular flexibility index (Phi) is 7.92. The topological polar surface area (TPSA) is 162 Å². The number of hydrogen-bond acceptors (Lipinski definition) is 7. The summed E-state index contributed by atoms with van der Waals surface area (Å²) in [6, 6.07) is 8.92. The highest BCUT2D eigenvalue weighted by molar-refractivity contribution is 7.51. The number of pyridine rings is 1. The lowest BCUT2D eigenvalue weighted by atomic mass is 10.2. The van der Waals surface area contributed by atoms with Gasteiger partial charge in [0, 0.05) is 19.3 Å². The highest BCUT2D eigenvalue weighted by Gasteiger charge is 2.14. The van der Waals surface area contributed by atoms with Crippen LogP contribution in [0.4, 0.5) is 5.82 Å². The number of nitrogens with zero attached hydrogens (tertiary/aromatic N) is 2.